The maximum absolute atomic E-state index is 15.2. The molecule has 84 heavy (non-hydrogen) atoms. The van der Waals surface area contributed by atoms with Crippen LogP contribution in [0.15, 0.2) is 188 Å². The van der Waals surface area contributed by atoms with Gasteiger partial charge in [-0.2, -0.15) is 0 Å². The third-order valence-electron chi connectivity index (χ3n) is 16.3. The molecule has 0 fully saturated rings. The van der Waals surface area contributed by atoms with Gasteiger partial charge in [-0.15, -0.1) is 0 Å². The fourth-order valence-corrected chi connectivity index (χ4v) is 14.3. The summed E-state index contributed by atoms with van der Waals surface area (Å²) in [5, 5.41) is 22.8. The van der Waals surface area contributed by atoms with E-state index in [9.17, 15) is 10.2 Å². The molecule has 8 heteroatoms. The molecule has 0 bridgehead atoms. The van der Waals surface area contributed by atoms with Crippen molar-refractivity contribution in [1.82, 2.24) is 0 Å². The topological polar surface area (TPSA) is 94.5 Å². The van der Waals surface area contributed by atoms with Gasteiger partial charge in [-0.1, -0.05) is 133 Å². The number of phenolic OH excluding ortho intramolecular Hbond substituents is 2. The molecule has 0 aliphatic heterocycles. The number of phenols is 2. The molecule has 7 nitrogen and oxygen atoms in total. The zero-order chi connectivity index (χ0) is 59.6. The highest BCUT2D eigenvalue weighted by Crippen LogP contribution is 2.47. The van der Waals surface area contributed by atoms with Crippen LogP contribution in [0.4, 0.5) is 0 Å². The summed E-state index contributed by atoms with van der Waals surface area (Å²) in [6.07, 6.45) is 1.56. The Morgan fingerprint density at radius 2 is 0.845 bits per heavy atom. The van der Waals surface area contributed by atoms with E-state index in [4.69, 9.17) is 18.9 Å². The van der Waals surface area contributed by atoms with Gasteiger partial charge in [0, 0.05) is 17.0 Å². The van der Waals surface area contributed by atoms with Crippen molar-refractivity contribution in [2.45, 2.75) is 108 Å². The van der Waals surface area contributed by atoms with E-state index < -0.39 is 12.7 Å². The SMILES string of the molecule is Cc1cc(Oc2c(C)cc(-c3cc(C)c(Oc4cc(C)c(OC(C)(C)Cc5ccc(Cc6ccc(-c7ccc(COc8ccc(O)cc8P(=O)(c8ccccc8)c8ccccc8)cc7)cc6)cc5)c(C)c4)c(C)c3C)c(C)c2C)cc(C)c1O. The Kier molecular flexibility index (Phi) is 16.8. The standard InChI is InChI=1S/C76H75O7P/c1-47-37-64(38-48(2)72(47)78)81-74-51(5)41-68(53(7)55(74)9)69-42-52(6)75(56(10)54(69)8)82-65-39-49(3)73(50(4)40-65)83-76(11,12)45-59-25-23-57(24-26-59)43-58-27-31-61(32-28-58)62-33-29-60(30-34-62)46-80-70-36-35-63(77)44-71(70)84(79,66-19-15-13-16-20-66)67-21-17-14-18-22-67/h13-42,44,77-78H,43,45-46H2,1-12H3. The summed E-state index contributed by atoms with van der Waals surface area (Å²) >= 11 is 0. The maximum atomic E-state index is 15.2. The third kappa shape index (κ3) is 12.4. The maximum Gasteiger partial charge on any atom is 0.174 e. The van der Waals surface area contributed by atoms with Gasteiger partial charge in [0.15, 0.2) is 7.14 Å². The minimum atomic E-state index is -3.38. The second-order valence-corrected chi connectivity index (χ2v) is 26.0. The Balaban J connectivity index is 0.748. The Hall–Kier alpha value is -8.77. The quantitative estimate of drug-likeness (QED) is 0.0827. The predicted octanol–water partition coefficient (Wildman–Crippen LogP) is 18.3. The van der Waals surface area contributed by atoms with Crippen LogP contribution in [0.1, 0.15) is 91.7 Å². The largest absolute Gasteiger partial charge is 0.508 e. The van der Waals surface area contributed by atoms with Crippen LogP contribution in [-0.4, -0.2) is 15.8 Å². The van der Waals surface area contributed by atoms with Crippen molar-refractivity contribution in [3.63, 3.8) is 0 Å². The van der Waals surface area contributed by atoms with Crippen molar-refractivity contribution < 1.29 is 33.7 Å². The summed E-state index contributed by atoms with van der Waals surface area (Å²) in [4.78, 5) is 0. The fourth-order valence-electron chi connectivity index (χ4n) is 11.5. The number of aromatic hydroxyl groups is 2. The lowest BCUT2D eigenvalue weighted by Gasteiger charge is -2.29. The highest BCUT2D eigenvalue weighted by Gasteiger charge is 2.33. The summed E-state index contributed by atoms with van der Waals surface area (Å²) < 4.78 is 41.7. The molecule has 0 unspecified atom stereocenters. The van der Waals surface area contributed by atoms with E-state index in [0.29, 0.717) is 33.2 Å². The van der Waals surface area contributed by atoms with Crippen LogP contribution in [0.3, 0.4) is 0 Å². The number of ether oxygens (including phenoxy) is 4. The Morgan fingerprint density at radius 3 is 1.32 bits per heavy atom. The highest BCUT2D eigenvalue weighted by molar-refractivity contribution is 7.85. The second kappa shape index (κ2) is 24.2. The van der Waals surface area contributed by atoms with Crippen LogP contribution >= 0.6 is 7.14 Å². The molecule has 0 aliphatic rings. The Morgan fingerprint density at radius 1 is 0.429 bits per heavy atom. The zero-order valence-corrected chi connectivity index (χ0v) is 51.3. The van der Waals surface area contributed by atoms with Gasteiger partial charge in [-0.3, -0.25) is 0 Å². The summed E-state index contributed by atoms with van der Waals surface area (Å²) in [6.45, 7) is 25.4. The summed E-state index contributed by atoms with van der Waals surface area (Å²) in [7, 11) is -3.38. The second-order valence-electron chi connectivity index (χ2n) is 23.3. The molecule has 0 aliphatic carbocycles. The van der Waals surface area contributed by atoms with Crippen LogP contribution in [0.25, 0.3) is 22.3 Å². The van der Waals surface area contributed by atoms with E-state index >= 15 is 4.57 Å². The molecule has 10 aromatic rings. The molecule has 0 heterocycles. The lowest BCUT2D eigenvalue weighted by Crippen LogP contribution is -2.31. The Bertz CT molecular complexity index is 4000. The average Bonchev–Trinajstić information content (AvgIpc) is 1.30. The van der Waals surface area contributed by atoms with Crippen LogP contribution in [0.5, 0.6) is 46.0 Å². The van der Waals surface area contributed by atoms with Gasteiger partial charge in [0.25, 0.3) is 0 Å². The molecule has 0 saturated heterocycles. The predicted molar refractivity (Wildman–Crippen MR) is 345 cm³/mol. The molecule has 0 spiro atoms. The third-order valence-corrected chi connectivity index (χ3v) is 19.4. The highest BCUT2D eigenvalue weighted by atomic mass is 31.2. The van der Waals surface area contributed by atoms with E-state index in [1.54, 1.807) is 18.2 Å². The molecule has 0 radical (unpaired) electrons. The number of aryl methyl sites for hydroxylation is 6. The molecule has 0 amide bonds. The van der Waals surface area contributed by atoms with Crippen LogP contribution in [-0.2, 0) is 24.0 Å². The first-order valence-electron chi connectivity index (χ1n) is 28.8. The number of benzene rings is 10. The minimum Gasteiger partial charge on any atom is -0.508 e. The van der Waals surface area contributed by atoms with Gasteiger partial charge < -0.3 is 33.7 Å². The first-order chi connectivity index (χ1) is 40.1. The summed E-state index contributed by atoms with van der Waals surface area (Å²) in [5.74, 6) is 4.87. The molecule has 0 atom stereocenters. The van der Waals surface area contributed by atoms with Crippen LogP contribution in [0, 0.1) is 69.2 Å². The molecular formula is C76H75O7P. The van der Waals surface area contributed by atoms with Crippen molar-refractivity contribution in [2.75, 3.05) is 0 Å². The van der Waals surface area contributed by atoms with Gasteiger partial charge in [-0.05, 0) is 244 Å². The van der Waals surface area contributed by atoms with Crippen LogP contribution in [0.2, 0.25) is 0 Å². The molecule has 426 valence electrons. The van der Waals surface area contributed by atoms with E-state index in [2.05, 4.69) is 166 Å². The number of rotatable bonds is 18. The molecule has 0 aromatic heterocycles. The van der Waals surface area contributed by atoms with Gasteiger partial charge in [0.1, 0.15) is 58.2 Å². The van der Waals surface area contributed by atoms with Crippen molar-refractivity contribution in [3.8, 4) is 68.2 Å². The van der Waals surface area contributed by atoms with E-state index in [1.165, 1.54) is 33.4 Å². The number of hydrogen-bond acceptors (Lipinski definition) is 7. The lowest BCUT2D eigenvalue weighted by atomic mass is 9.88. The normalized spacial score (nSPS) is 11.6. The summed E-state index contributed by atoms with van der Waals surface area (Å²) in [5.41, 5.74) is 19.0. The fraction of sp³-hybridized carbons (Fsp3) is 0.211. The monoisotopic (exact) mass is 1130 g/mol. The van der Waals surface area contributed by atoms with Gasteiger partial charge in [0.2, 0.25) is 0 Å². The van der Waals surface area contributed by atoms with E-state index in [0.717, 1.165) is 103 Å². The van der Waals surface area contributed by atoms with Crippen molar-refractivity contribution in [3.05, 3.63) is 266 Å². The first kappa shape index (κ1) is 58.4. The molecule has 10 aromatic carbocycles. The molecule has 10 rings (SSSR count). The Labute approximate surface area is 496 Å². The van der Waals surface area contributed by atoms with E-state index in [-0.39, 0.29) is 12.4 Å². The molecule has 0 saturated carbocycles. The van der Waals surface area contributed by atoms with Crippen LogP contribution < -0.4 is 34.9 Å². The van der Waals surface area contributed by atoms with Crippen molar-refractivity contribution in [2.24, 2.45) is 0 Å². The number of hydrogen-bond donors (Lipinski definition) is 2. The average molecular weight is 1130 g/mol. The van der Waals surface area contributed by atoms with Crippen molar-refractivity contribution in [1.29, 1.82) is 0 Å². The van der Waals surface area contributed by atoms with Gasteiger partial charge in [0.05, 0.1) is 5.30 Å². The smallest absolute Gasteiger partial charge is 0.174 e. The van der Waals surface area contributed by atoms with Crippen molar-refractivity contribution >= 4 is 23.1 Å². The lowest BCUT2D eigenvalue weighted by molar-refractivity contribution is 0.108. The summed E-state index contributed by atoms with van der Waals surface area (Å²) in [6, 6.07) is 62.0. The van der Waals surface area contributed by atoms with Gasteiger partial charge >= 0.3 is 0 Å². The van der Waals surface area contributed by atoms with E-state index in [1.807, 2.05) is 86.6 Å². The van der Waals surface area contributed by atoms with Gasteiger partial charge in [-0.25, -0.2) is 0 Å². The molecular weight excluding hydrogens is 1060 g/mol. The zero-order valence-electron chi connectivity index (χ0n) is 50.4. The first-order valence-corrected chi connectivity index (χ1v) is 30.5. The molecule has 2 N–H and O–H groups in total. The minimum absolute atomic E-state index is 0.0300.